The van der Waals surface area contributed by atoms with Gasteiger partial charge in [0.15, 0.2) is 0 Å². The lowest BCUT2D eigenvalue weighted by Crippen LogP contribution is -2.55. The summed E-state index contributed by atoms with van der Waals surface area (Å²) in [6.45, 7) is 7.58. The van der Waals surface area contributed by atoms with Crippen LogP contribution in [0, 0.1) is 9.49 Å². The molecule has 36 heavy (non-hydrogen) atoms. The van der Waals surface area contributed by atoms with E-state index in [4.69, 9.17) is 14.2 Å². The SMILES string of the molecule is COc1ccc([Si](C)(C)C(CC(=O)N2CCC[C@H]2CO)[C@@H]2Oc3ccc(I)cc3[C@H](OC)[C@H]2C)cc1. The van der Waals surface area contributed by atoms with Crippen LogP contribution in [0.25, 0.3) is 0 Å². The van der Waals surface area contributed by atoms with Gasteiger partial charge in [0.1, 0.15) is 17.6 Å². The van der Waals surface area contributed by atoms with E-state index in [1.807, 2.05) is 23.1 Å². The van der Waals surface area contributed by atoms with Gasteiger partial charge in [-0.1, -0.05) is 37.3 Å². The number of hydrogen-bond donors (Lipinski definition) is 1. The number of nitrogens with zero attached hydrogens (tertiary/aromatic N) is 1. The van der Waals surface area contributed by atoms with Crippen LogP contribution in [-0.2, 0) is 9.53 Å². The second-order valence-corrected chi connectivity index (χ2v) is 16.6. The Morgan fingerprint density at radius 1 is 1.22 bits per heavy atom. The van der Waals surface area contributed by atoms with Gasteiger partial charge in [0, 0.05) is 40.7 Å². The molecule has 6 nitrogen and oxygen atoms in total. The number of rotatable bonds is 8. The van der Waals surface area contributed by atoms with Crippen LogP contribution < -0.4 is 14.7 Å². The summed E-state index contributed by atoms with van der Waals surface area (Å²) in [5, 5.41) is 11.1. The number of amides is 1. The number of benzene rings is 2. The van der Waals surface area contributed by atoms with E-state index in [1.165, 1.54) is 5.19 Å². The average Bonchev–Trinajstić information content (AvgIpc) is 3.36. The van der Waals surface area contributed by atoms with Crippen LogP contribution in [0.1, 0.15) is 37.9 Å². The molecule has 1 saturated heterocycles. The van der Waals surface area contributed by atoms with E-state index >= 15 is 0 Å². The Morgan fingerprint density at radius 2 is 1.94 bits per heavy atom. The summed E-state index contributed by atoms with van der Waals surface area (Å²) in [6.07, 6.45) is 1.91. The summed E-state index contributed by atoms with van der Waals surface area (Å²) < 4.78 is 19.4. The summed E-state index contributed by atoms with van der Waals surface area (Å²) in [5.41, 5.74) is 1.08. The van der Waals surface area contributed by atoms with Gasteiger partial charge in [-0.15, -0.1) is 0 Å². The molecular weight excluding hydrogens is 585 g/mol. The quantitative estimate of drug-likeness (QED) is 0.340. The fourth-order valence-electron chi connectivity index (χ4n) is 6.02. The van der Waals surface area contributed by atoms with E-state index in [9.17, 15) is 9.90 Å². The number of fused-ring (bicyclic) bond motifs is 1. The van der Waals surface area contributed by atoms with Crippen LogP contribution >= 0.6 is 22.6 Å². The molecule has 2 aliphatic heterocycles. The highest BCUT2D eigenvalue weighted by atomic mass is 127. The van der Waals surface area contributed by atoms with Crippen molar-refractivity contribution in [2.24, 2.45) is 5.92 Å². The normalized spacial score (nSPS) is 24.7. The third-order valence-corrected chi connectivity index (χ3v) is 13.1. The summed E-state index contributed by atoms with van der Waals surface area (Å²) in [6, 6.07) is 14.4. The lowest BCUT2D eigenvalue weighted by Gasteiger charge is -2.46. The smallest absolute Gasteiger partial charge is 0.223 e. The highest BCUT2D eigenvalue weighted by Gasteiger charge is 2.48. The number of aliphatic hydroxyl groups excluding tert-OH is 1. The topological polar surface area (TPSA) is 68.2 Å². The van der Waals surface area contributed by atoms with Crippen molar-refractivity contribution in [3.05, 3.63) is 51.6 Å². The first-order valence-corrected chi connectivity index (χ1v) is 16.9. The zero-order valence-corrected chi connectivity index (χ0v) is 25.0. The number of carbonyl (C=O) groups excluding carboxylic acids is 1. The number of methoxy groups -OCH3 is 2. The lowest BCUT2D eigenvalue weighted by molar-refractivity contribution is -0.133. The monoisotopic (exact) mass is 623 g/mol. The Kier molecular flexibility index (Phi) is 8.69. The highest BCUT2D eigenvalue weighted by molar-refractivity contribution is 14.1. The van der Waals surface area contributed by atoms with E-state index < -0.39 is 8.07 Å². The van der Waals surface area contributed by atoms with E-state index in [0.717, 1.165) is 33.5 Å². The van der Waals surface area contributed by atoms with Crippen LogP contribution in [0.4, 0.5) is 0 Å². The number of halogens is 1. The van der Waals surface area contributed by atoms with Crippen molar-refractivity contribution in [1.82, 2.24) is 4.90 Å². The van der Waals surface area contributed by atoms with Crippen LogP contribution in [0.15, 0.2) is 42.5 Å². The van der Waals surface area contributed by atoms with Gasteiger partial charge in [0.25, 0.3) is 0 Å². The van der Waals surface area contributed by atoms with Gasteiger partial charge in [-0.3, -0.25) is 4.79 Å². The van der Waals surface area contributed by atoms with E-state index in [2.05, 4.69) is 66.9 Å². The molecule has 1 unspecified atom stereocenters. The Hall–Kier alpha value is -1.62. The van der Waals surface area contributed by atoms with Gasteiger partial charge in [0.05, 0.1) is 33.9 Å². The van der Waals surface area contributed by atoms with Crippen molar-refractivity contribution < 1.29 is 24.1 Å². The first-order chi connectivity index (χ1) is 17.2. The van der Waals surface area contributed by atoms with Gasteiger partial charge < -0.3 is 24.2 Å². The number of carbonyl (C=O) groups is 1. The molecule has 5 atom stereocenters. The molecule has 0 aromatic heterocycles. The molecule has 2 aromatic carbocycles. The first kappa shape index (κ1) is 27.4. The molecule has 2 aromatic rings. The zero-order chi connectivity index (χ0) is 26.0. The largest absolute Gasteiger partial charge is 0.497 e. The van der Waals surface area contributed by atoms with Crippen molar-refractivity contribution in [3.8, 4) is 11.5 Å². The Labute approximate surface area is 229 Å². The zero-order valence-electron chi connectivity index (χ0n) is 21.9. The van der Waals surface area contributed by atoms with Gasteiger partial charge in [-0.05, 0) is 65.8 Å². The summed E-state index contributed by atoms with van der Waals surface area (Å²) in [4.78, 5) is 15.6. The van der Waals surface area contributed by atoms with Crippen LogP contribution in [0.2, 0.25) is 18.6 Å². The first-order valence-electron chi connectivity index (χ1n) is 12.7. The molecule has 0 radical (unpaired) electrons. The predicted octanol–water partition coefficient (Wildman–Crippen LogP) is 4.74. The average molecular weight is 624 g/mol. The molecule has 1 N–H and O–H groups in total. The van der Waals surface area contributed by atoms with Crippen molar-refractivity contribution in [3.63, 3.8) is 0 Å². The molecule has 4 rings (SSSR count). The van der Waals surface area contributed by atoms with E-state index in [1.54, 1.807) is 14.2 Å². The maximum Gasteiger partial charge on any atom is 0.223 e. The van der Waals surface area contributed by atoms with E-state index in [-0.39, 0.29) is 42.2 Å². The standard InChI is InChI=1S/C28H38INO5Si/c1-18-27(34-3)23-15-19(29)8-13-24(23)35-28(18)25(16-26(32)30-14-6-7-20(30)17-31)36(4,5)22-11-9-21(33-2)10-12-22/h8-13,15,18,20,25,27-28,31H,6-7,14,16-17H2,1-5H3/t18-,20+,25?,27-,28-/m1/s1. The minimum absolute atomic E-state index is 0.0124. The molecule has 2 aliphatic rings. The molecule has 2 heterocycles. The van der Waals surface area contributed by atoms with Crippen LogP contribution in [-0.4, -0.2) is 63.5 Å². The Balaban J connectivity index is 1.74. The van der Waals surface area contributed by atoms with Crippen molar-refractivity contribution in [1.29, 1.82) is 0 Å². The minimum atomic E-state index is -2.24. The van der Waals surface area contributed by atoms with Crippen LogP contribution in [0.3, 0.4) is 0 Å². The van der Waals surface area contributed by atoms with Crippen LogP contribution in [0.5, 0.6) is 11.5 Å². The van der Waals surface area contributed by atoms with Crippen molar-refractivity contribution in [2.45, 2.75) is 63.1 Å². The number of likely N-dealkylation sites (tertiary alicyclic amines) is 1. The molecule has 0 bridgehead atoms. The Bertz CT molecular complexity index is 1060. The molecule has 0 spiro atoms. The van der Waals surface area contributed by atoms with Gasteiger partial charge in [0.2, 0.25) is 5.91 Å². The second-order valence-electron chi connectivity index (χ2n) is 10.6. The molecule has 8 heteroatoms. The number of aliphatic hydroxyl groups is 1. The maximum atomic E-state index is 13.7. The van der Waals surface area contributed by atoms with Gasteiger partial charge >= 0.3 is 0 Å². The van der Waals surface area contributed by atoms with Crippen molar-refractivity contribution in [2.75, 3.05) is 27.4 Å². The Morgan fingerprint density at radius 3 is 2.58 bits per heavy atom. The molecular formula is C28H38INO5Si. The molecule has 1 amide bonds. The van der Waals surface area contributed by atoms with Crippen molar-refractivity contribution >= 4 is 41.8 Å². The predicted molar refractivity (Wildman–Crippen MR) is 153 cm³/mol. The molecule has 1 fully saturated rings. The van der Waals surface area contributed by atoms with E-state index in [0.29, 0.717) is 13.0 Å². The summed E-state index contributed by atoms with van der Waals surface area (Å²) >= 11 is 2.32. The maximum absolute atomic E-state index is 13.7. The highest BCUT2D eigenvalue weighted by Crippen LogP contribution is 2.47. The lowest BCUT2D eigenvalue weighted by atomic mass is 9.86. The number of hydrogen-bond acceptors (Lipinski definition) is 5. The third-order valence-electron chi connectivity index (χ3n) is 8.25. The fraction of sp³-hybridized carbons (Fsp3) is 0.536. The second kappa shape index (κ2) is 11.4. The molecule has 0 aliphatic carbocycles. The fourth-order valence-corrected chi connectivity index (χ4v) is 9.87. The van der Waals surface area contributed by atoms with Gasteiger partial charge in [-0.25, -0.2) is 0 Å². The summed E-state index contributed by atoms with van der Waals surface area (Å²) in [7, 11) is 1.19. The molecule has 0 saturated carbocycles. The number of ether oxygens (including phenoxy) is 3. The summed E-state index contributed by atoms with van der Waals surface area (Å²) in [5.74, 6) is 1.85. The van der Waals surface area contributed by atoms with Gasteiger partial charge in [-0.2, -0.15) is 0 Å². The minimum Gasteiger partial charge on any atom is -0.497 e. The molecule has 196 valence electrons. The third kappa shape index (κ3) is 5.32.